The summed E-state index contributed by atoms with van der Waals surface area (Å²) in [4.78, 5) is 0. The quantitative estimate of drug-likeness (QED) is 0.838. The molecule has 0 fully saturated rings. The van der Waals surface area contributed by atoms with Crippen molar-refractivity contribution in [1.82, 2.24) is 0 Å². The van der Waals surface area contributed by atoms with Crippen molar-refractivity contribution in [2.45, 2.75) is 25.6 Å². The summed E-state index contributed by atoms with van der Waals surface area (Å²) >= 11 is 8.90. The van der Waals surface area contributed by atoms with Crippen LogP contribution in [0.3, 0.4) is 0 Å². The molecule has 0 aliphatic rings. The Hall–Kier alpha value is -0.0900. The zero-order valence-corrected chi connectivity index (χ0v) is 10.8. The predicted octanol–water partition coefficient (Wildman–Crippen LogP) is 2.78. The third-order valence-electron chi connectivity index (χ3n) is 2.40. The highest BCUT2D eigenvalue weighted by Crippen LogP contribution is 2.27. The Balaban J connectivity index is 2.90. The van der Waals surface area contributed by atoms with Gasteiger partial charge in [-0.2, -0.15) is 0 Å². The van der Waals surface area contributed by atoms with Crippen molar-refractivity contribution >= 4 is 27.5 Å². The average molecular weight is 294 g/mol. The van der Waals surface area contributed by atoms with Crippen LogP contribution >= 0.6 is 27.5 Å². The summed E-state index contributed by atoms with van der Waals surface area (Å²) in [7, 11) is 0. The van der Waals surface area contributed by atoms with Crippen molar-refractivity contribution < 1.29 is 10.2 Å². The lowest BCUT2D eigenvalue weighted by molar-refractivity contribution is 0.0166. The molecule has 0 spiro atoms. The number of halogens is 2. The van der Waals surface area contributed by atoms with E-state index in [1.807, 2.05) is 25.1 Å². The number of aliphatic hydroxyl groups excluding tert-OH is 2. The standard InChI is InChI=1S/C11H14BrClO2/c1-7-8(3-2-4-9(7)12)11(15)10(14)5-6-13/h2-4,10-11,14-15H,5-6H2,1H3. The number of rotatable bonds is 4. The van der Waals surface area contributed by atoms with Crippen LogP contribution in [0.5, 0.6) is 0 Å². The molecule has 0 heterocycles. The maximum absolute atomic E-state index is 9.90. The van der Waals surface area contributed by atoms with E-state index in [0.29, 0.717) is 12.3 Å². The monoisotopic (exact) mass is 292 g/mol. The van der Waals surface area contributed by atoms with E-state index in [-0.39, 0.29) is 0 Å². The summed E-state index contributed by atoms with van der Waals surface area (Å²) in [6, 6.07) is 5.55. The molecule has 0 saturated carbocycles. The first-order valence-corrected chi connectivity index (χ1v) is 6.07. The molecule has 0 aromatic heterocycles. The Kier molecular flexibility index (Phi) is 5.06. The van der Waals surface area contributed by atoms with E-state index in [9.17, 15) is 10.2 Å². The minimum absolute atomic E-state index is 0.339. The summed E-state index contributed by atoms with van der Waals surface area (Å²) in [5.74, 6) is 0.339. The maximum atomic E-state index is 9.90. The Labute approximate surface area is 103 Å². The fourth-order valence-corrected chi connectivity index (χ4v) is 2.03. The lowest BCUT2D eigenvalue weighted by Crippen LogP contribution is -2.19. The summed E-state index contributed by atoms with van der Waals surface area (Å²) in [5, 5.41) is 19.5. The van der Waals surface area contributed by atoms with Crippen LogP contribution in [-0.4, -0.2) is 22.2 Å². The average Bonchev–Trinajstić information content (AvgIpc) is 2.21. The van der Waals surface area contributed by atoms with Gasteiger partial charge in [0.05, 0.1) is 6.10 Å². The zero-order chi connectivity index (χ0) is 11.4. The SMILES string of the molecule is Cc1c(Br)cccc1C(O)C(O)CCCl. The summed E-state index contributed by atoms with van der Waals surface area (Å²) in [5.41, 5.74) is 1.68. The molecule has 2 atom stereocenters. The number of aliphatic hydroxyl groups is 2. The highest BCUT2D eigenvalue weighted by atomic mass is 79.9. The minimum atomic E-state index is -0.874. The summed E-state index contributed by atoms with van der Waals surface area (Å²) < 4.78 is 0.928. The fraction of sp³-hybridized carbons (Fsp3) is 0.455. The Morgan fingerprint density at radius 1 is 1.40 bits per heavy atom. The summed E-state index contributed by atoms with van der Waals surface area (Å²) in [6.07, 6.45) is -1.30. The molecule has 0 bridgehead atoms. The van der Waals surface area contributed by atoms with Crippen LogP contribution < -0.4 is 0 Å². The van der Waals surface area contributed by atoms with Gasteiger partial charge >= 0.3 is 0 Å². The second-order valence-electron chi connectivity index (χ2n) is 3.44. The number of hydrogen-bond donors (Lipinski definition) is 2. The highest BCUT2D eigenvalue weighted by Gasteiger charge is 2.19. The smallest absolute Gasteiger partial charge is 0.105 e. The van der Waals surface area contributed by atoms with E-state index in [2.05, 4.69) is 15.9 Å². The van der Waals surface area contributed by atoms with Gasteiger partial charge in [-0.3, -0.25) is 0 Å². The van der Waals surface area contributed by atoms with Gasteiger partial charge in [-0.1, -0.05) is 28.1 Å². The molecule has 2 unspecified atom stereocenters. The van der Waals surface area contributed by atoms with Crippen molar-refractivity contribution in [3.8, 4) is 0 Å². The van der Waals surface area contributed by atoms with Crippen LogP contribution in [0.15, 0.2) is 22.7 Å². The normalized spacial score (nSPS) is 15.0. The number of benzene rings is 1. The van der Waals surface area contributed by atoms with E-state index in [0.717, 1.165) is 15.6 Å². The minimum Gasteiger partial charge on any atom is -0.390 e. The second kappa shape index (κ2) is 5.85. The van der Waals surface area contributed by atoms with E-state index in [1.54, 1.807) is 0 Å². The molecule has 2 nitrogen and oxygen atoms in total. The van der Waals surface area contributed by atoms with Crippen LogP contribution in [-0.2, 0) is 0 Å². The van der Waals surface area contributed by atoms with Crippen molar-refractivity contribution in [2.75, 3.05) is 5.88 Å². The molecule has 2 N–H and O–H groups in total. The molecular formula is C11H14BrClO2. The molecular weight excluding hydrogens is 279 g/mol. The highest BCUT2D eigenvalue weighted by molar-refractivity contribution is 9.10. The van der Waals surface area contributed by atoms with Gasteiger partial charge in [0.2, 0.25) is 0 Å². The predicted molar refractivity (Wildman–Crippen MR) is 65.2 cm³/mol. The van der Waals surface area contributed by atoms with Gasteiger partial charge in [0.25, 0.3) is 0 Å². The van der Waals surface area contributed by atoms with Crippen molar-refractivity contribution in [2.24, 2.45) is 0 Å². The first-order chi connectivity index (χ1) is 7.07. The van der Waals surface area contributed by atoms with Crippen LogP contribution in [0.2, 0.25) is 0 Å². The Bertz CT molecular complexity index is 330. The molecule has 4 heteroatoms. The largest absolute Gasteiger partial charge is 0.390 e. The Morgan fingerprint density at radius 2 is 2.07 bits per heavy atom. The van der Waals surface area contributed by atoms with E-state index in [4.69, 9.17) is 11.6 Å². The van der Waals surface area contributed by atoms with E-state index >= 15 is 0 Å². The molecule has 0 aliphatic carbocycles. The Morgan fingerprint density at radius 3 is 2.67 bits per heavy atom. The molecule has 0 saturated heterocycles. The maximum Gasteiger partial charge on any atom is 0.105 e. The van der Waals surface area contributed by atoms with Gasteiger partial charge in [-0.25, -0.2) is 0 Å². The molecule has 0 amide bonds. The number of hydrogen-bond acceptors (Lipinski definition) is 2. The van der Waals surface area contributed by atoms with Crippen molar-refractivity contribution in [3.05, 3.63) is 33.8 Å². The van der Waals surface area contributed by atoms with Gasteiger partial charge < -0.3 is 10.2 Å². The number of alkyl halides is 1. The molecule has 0 radical (unpaired) electrons. The molecule has 1 rings (SSSR count). The van der Waals surface area contributed by atoms with Crippen molar-refractivity contribution in [1.29, 1.82) is 0 Å². The topological polar surface area (TPSA) is 40.5 Å². The molecule has 84 valence electrons. The van der Waals surface area contributed by atoms with Gasteiger partial charge in [-0.05, 0) is 30.5 Å². The lowest BCUT2D eigenvalue weighted by atomic mass is 9.98. The van der Waals surface area contributed by atoms with E-state index < -0.39 is 12.2 Å². The fourth-order valence-electron chi connectivity index (χ4n) is 1.42. The first-order valence-electron chi connectivity index (χ1n) is 4.75. The summed E-state index contributed by atoms with van der Waals surface area (Å²) in [6.45, 7) is 1.90. The van der Waals surface area contributed by atoms with Crippen molar-refractivity contribution in [3.63, 3.8) is 0 Å². The van der Waals surface area contributed by atoms with Gasteiger partial charge in [0, 0.05) is 10.4 Å². The molecule has 1 aromatic carbocycles. The van der Waals surface area contributed by atoms with Gasteiger partial charge in [0.1, 0.15) is 6.10 Å². The third kappa shape index (κ3) is 3.18. The first kappa shape index (κ1) is 13.0. The van der Waals surface area contributed by atoms with Gasteiger partial charge in [-0.15, -0.1) is 11.6 Å². The van der Waals surface area contributed by atoms with Gasteiger partial charge in [0.15, 0.2) is 0 Å². The van der Waals surface area contributed by atoms with Crippen LogP contribution in [0.4, 0.5) is 0 Å². The third-order valence-corrected chi connectivity index (χ3v) is 3.47. The second-order valence-corrected chi connectivity index (χ2v) is 4.68. The molecule has 15 heavy (non-hydrogen) atoms. The lowest BCUT2D eigenvalue weighted by Gasteiger charge is -2.19. The molecule has 1 aromatic rings. The molecule has 0 aliphatic heterocycles. The van der Waals surface area contributed by atoms with Crippen LogP contribution in [0, 0.1) is 6.92 Å². The van der Waals surface area contributed by atoms with Crippen LogP contribution in [0.1, 0.15) is 23.7 Å². The zero-order valence-electron chi connectivity index (χ0n) is 8.45. The van der Waals surface area contributed by atoms with Crippen LogP contribution in [0.25, 0.3) is 0 Å². The van der Waals surface area contributed by atoms with E-state index in [1.165, 1.54) is 0 Å².